The van der Waals surface area contributed by atoms with Crippen LogP contribution in [-0.4, -0.2) is 50.5 Å². The summed E-state index contributed by atoms with van der Waals surface area (Å²) in [6, 6.07) is 11.4. The minimum Gasteiger partial charge on any atom is -0.474 e. The largest absolute Gasteiger partial charge is 0.474 e. The smallest absolute Gasteiger partial charge is 0.255 e. The second-order valence-corrected chi connectivity index (χ2v) is 10.1. The topological polar surface area (TPSA) is 97.8 Å². The van der Waals surface area contributed by atoms with Gasteiger partial charge in [0, 0.05) is 36.8 Å². The molecule has 0 saturated heterocycles. The number of pyridine rings is 1. The zero-order valence-electron chi connectivity index (χ0n) is 17.5. The van der Waals surface area contributed by atoms with Crippen LogP contribution in [0.15, 0.2) is 58.9 Å². The summed E-state index contributed by atoms with van der Waals surface area (Å²) >= 11 is 1.65. The van der Waals surface area contributed by atoms with E-state index in [0.717, 1.165) is 5.56 Å². The van der Waals surface area contributed by atoms with Gasteiger partial charge in [-0.15, -0.1) is 11.3 Å². The van der Waals surface area contributed by atoms with Gasteiger partial charge in [0.25, 0.3) is 5.91 Å². The van der Waals surface area contributed by atoms with Gasteiger partial charge in [-0.3, -0.25) is 4.79 Å². The first-order valence-corrected chi connectivity index (χ1v) is 12.3. The molecular formula is C22H23N3O5S2. The van der Waals surface area contributed by atoms with Gasteiger partial charge in [-0.05, 0) is 53.8 Å². The van der Waals surface area contributed by atoms with Gasteiger partial charge >= 0.3 is 0 Å². The molecule has 1 N–H and O–H groups in total. The van der Waals surface area contributed by atoms with Crippen LogP contribution in [0.4, 0.5) is 5.69 Å². The van der Waals surface area contributed by atoms with Crippen molar-refractivity contribution >= 4 is 33.0 Å². The standard InChI is InChI=1S/C22H23N3O5S2/c1-29-11-12-30-22-19(6-3-9-23-22)24-21(26)16-4-2-5-18(14-16)32(27,28)25-10-7-20-17(15-25)8-13-31-20/h2-6,8-9,13-14H,7,10-12,15H2,1H3,(H,24,26). The molecule has 2 aromatic heterocycles. The van der Waals surface area contributed by atoms with E-state index in [1.165, 1.54) is 21.3 Å². The first kappa shape index (κ1) is 22.4. The lowest BCUT2D eigenvalue weighted by atomic mass is 10.1. The molecule has 0 bridgehead atoms. The van der Waals surface area contributed by atoms with E-state index in [0.29, 0.717) is 31.8 Å². The van der Waals surface area contributed by atoms with E-state index in [2.05, 4.69) is 10.3 Å². The summed E-state index contributed by atoms with van der Waals surface area (Å²) in [5, 5.41) is 4.73. The van der Waals surface area contributed by atoms with Gasteiger partial charge in [-0.1, -0.05) is 6.07 Å². The molecule has 1 aliphatic heterocycles. The fourth-order valence-corrected chi connectivity index (χ4v) is 5.75. The van der Waals surface area contributed by atoms with E-state index in [1.54, 1.807) is 48.9 Å². The van der Waals surface area contributed by atoms with Crippen molar-refractivity contribution in [3.8, 4) is 5.88 Å². The van der Waals surface area contributed by atoms with Crippen LogP contribution in [0.3, 0.4) is 0 Å². The Morgan fingerprint density at radius 1 is 1.22 bits per heavy atom. The number of fused-ring (bicyclic) bond motifs is 1. The molecule has 3 heterocycles. The fourth-order valence-electron chi connectivity index (χ4n) is 3.39. The van der Waals surface area contributed by atoms with Gasteiger partial charge < -0.3 is 14.8 Å². The van der Waals surface area contributed by atoms with E-state index in [9.17, 15) is 13.2 Å². The highest BCUT2D eigenvalue weighted by Gasteiger charge is 2.29. The van der Waals surface area contributed by atoms with E-state index >= 15 is 0 Å². The highest BCUT2D eigenvalue weighted by Crippen LogP contribution is 2.28. The van der Waals surface area contributed by atoms with E-state index in [4.69, 9.17) is 9.47 Å². The van der Waals surface area contributed by atoms with Crippen molar-refractivity contribution < 1.29 is 22.7 Å². The number of carbonyl (C=O) groups is 1. The Labute approximate surface area is 190 Å². The molecule has 0 aliphatic carbocycles. The molecule has 0 fully saturated rings. The third-order valence-corrected chi connectivity index (χ3v) is 7.92. The van der Waals surface area contributed by atoms with Gasteiger partial charge in [0.05, 0.1) is 11.5 Å². The predicted molar refractivity (Wildman–Crippen MR) is 122 cm³/mol. The number of benzene rings is 1. The zero-order valence-corrected chi connectivity index (χ0v) is 19.1. The summed E-state index contributed by atoms with van der Waals surface area (Å²) in [5.41, 5.74) is 1.66. The quantitative estimate of drug-likeness (QED) is 0.505. The highest BCUT2D eigenvalue weighted by atomic mass is 32.2. The summed E-state index contributed by atoms with van der Waals surface area (Å²) in [7, 11) is -2.16. The van der Waals surface area contributed by atoms with E-state index in [1.807, 2.05) is 11.4 Å². The number of ether oxygens (including phenoxy) is 2. The lowest BCUT2D eigenvalue weighted by Gasteiger charge is -2.26. The van der Waals surface area contributed by atoms with Crippen molar-refractivity contribution in [2.75, 3.05) is 32.2 Å². The van der Waals surface area contributed by atoms with Crippen LogP contribution in [0.25, 0.3) is 0 Å². The maximum atomic E-state index is 13.2. The highest BCUT2D eigenvalue weighted by molar-refractivity contribution is 7.89. The lowest BCUT2D eigenvalue weighted by molar-refractivity contribution is 0.102. The second kappa shape index (κ2) is 9.78. The van der Waals surface area contributed by atoms with Gasteiger partial charge in [0.2, 0.25) is 15.9 Å². The SMILES string of the molecule is COCCOc1ncccc1NC(=O)c1cccc(S(=O)(=O)N2CCc3sccc3C2)c1. The molecule has 1 aliphatic rings. The average Bonchev–Trinajstić information content (AvgIpc) is 3.28. The van der Waals surface area contributed by atoms with Crippen LogP contribution in [0.1, 0.15) is 20.8 Å². The van der Waals surface area contributed by atoms with Crippen molar-refractivity contribution in [3.63, 3.8) is 0 Å². The number of amides is 1. The molecule has 32 heavy (non-hydrogen) atoms. The van der Waals surface area contributed by atoms with E-state index in [-0.39, 0.29) is 22.9 Å². The summed E-state index contributed by atoms with van der Waals surface area (Å²) in [6.45, 7) is 1.43. The van der Waals surface area contributed by atoms with Crippen LogP contribution in [0, 0.1) is 0 Å². The number of sulfonamides is 1. The number of nitrogens with one attached hydrogen (secondary N) is 1. The molecule has 0 spiro atoms. The molecule has 4 rings (SSSR count). The Morgan fingerprint density at radius 3 is 2.94 bits per heavy atom. The number of methoxy groups -OCH3 is 1. The van der Waals surface area contributed by atoms with Crippen molar-refractivity contribution in [2.24, 2.45) is 0 Å². The first-order chi connectivity index (χ1) is 15.5. The minimum absolute atomic E-state index is 0.0894. The lowest BCUT2D eigenvalue weighted by Crippen LogP contribution is -2.35. The Morgan fingerprint density at radius 2 is 2.09 bits per heavy atom. The second-order valence-electron chi connectivity index (χ2n) is 7.14. The van der Waals surface area contributed by atoms with Crippen molar-refractivity contribution in [2.45, 2.75) is 17.9 Å². The number of hydrogen-bond acceptors (Lipinski definition) is 7. The molecule has 1 amide bonds. The molecule has 0 atom stereocenters. The third-order valence-electron chi connectivity index (χ3n) is 5.05. The number of carbonyl (C=O) groups excluding carboxylic acids is 1. The van der Waals surface area contributed by atoms with Gasteiger partial charge in [0.15, 0.2) is 0 Å². The Bertz CT molecular complexity index is 1210. The van der Waals surface area contributed by atoms with Crippen LogP contribution in [0.5, 0.6) is 5.88 Å². The van der Waals surface area contributed by atoms with Crippen LogP contribution in [0.2, 0.25) is 0 Å². The monoisotopic (exact) mass is 473 g/mol. The minimum atomic E-state index is -3.73. The Balaban J connectivity index is 1.51. The van der Waals surface area contributed by atoms with E-state index < -0.39 is 15.9 Å². The van der Waals surface area contributed by atoms with Crippen molar-refractivity contribution in [1.82, 2.24) is 9.29 Å². The molecule has 3 aromatic rings. The van der Waals surface area contributed by atoms with Crippen molar-refractivity contribution in [1.29, 1.82) is 0 Å². The predicted octanol–water partition coefficient (Wildman–Crippen LogP) is 3.17. The molecule has 10 heteroatoms. The third kappa shape index (κ3) is 4.83. The number of nitrogens with zero attached hydrogens (tertiary/aromatic N) is 2. The zero-order chi connectivity index (χ0) is 22.6. The maximum absolute atomic E-state index is 13.2. The number of thiophene rings is 1. The molecule has 8 nitrogen and oxygen atoms in total. The molecule has 168 valence electrons. The summed E-state index contributed by atoms with van der Waals surface area (Å²) in [6.07, 6.45) is 2.25. The normalized spacial score (nSPS) is 14.0. The molecule has 0 saturated carbocycles. The number of anilines is 1. The first-order valence-electron chi connectivity index (χ1n) is 10.0. The van der Waals surface area contributed by atoms with Gasteiger partial charge in [-0.25, -0.2) is 13.4 Å². The molecule has 0 radical (unpaired) electrons. The molecular weight excluding hydrogens is 450 g/mol. The molecule has 1 aromatic carbocycles. The van der Waals surface area contributed by atoms with Gasteiger partial charge in [-0.2, -0.15) is 4.31 Å². The van der Waals surface area contributed by atoms with Crippen LogP contribution in [-0.2, 0) is 27.7 Å². The Kier molecular flexibility index (Phi) is 6.85. The van der Waals surface area contributed by atoms with Crippen LogP contribution >= 0.6 is 11.3 Å². The van der Waals surface area contributed by atoms with Crippen LogP contribution < -0.4 is 10.1 Å². The van der Waals surface area contributed by atoms with Crippen molar-refractivity contribution in [3.05, 3.63) is 70.0 Å². The summed E-state index contributed by atoms with van der Waals surface area (Å²) in [4.78, 5) is 18.3. The maximum Gasteiger partial charge on any atom is 0.255 e. The number of rotatable bonds is 8. The fraction of sp³-hybridized carbons (Fsp3) is 0.273. The number of hydrogen-bond donors (Lipinski definition) is 1. The summed E-state index contributed by atoms with van der Waals surface area (Å²) in [5.74, 6) is -0.188. The molecule has 0 unspecified atom stereocenters. The summed E-state index contributed by atoms with van der Waals surface area (Å²) < 4.78 is 38.4. The Hall–Kier alpha value is -2.79. The number of aromatic nitrogens is 1. The average molecular weight is 474 g/mol. The van der Waals surface area contributed by atoms with Gasteiger partial charge in [0.1, 0.15) is 12.3 Å².